The molecule has 5 heteroatoms. The van der Waals surface area contributed by atoms with E-state index < -0.39 is 0 Å². The predicted octanol–water partition coefficient (Wildman–Crippen LogP) is 6.82. The summed E-state index contributed by atoms with van der Waals surface area (Å²) in [5, 5.41) is 11.0. The smallest absolute Gasteiger partial charge is 0.123 e. The van der Waals surface area contributed by atoms with E-state index in [1.165, 1.54) is 0 Å². The highest BCUT2D eigenvalue weighted by Crippen LogP contribution is 2.38. The molecular formula is C24H18ClN3S. The molecule has 142 valence electrons. The molecule has 1 atom stereocenters. The molecule has 0 saturated heterocycles. The zero-order valence-corrected chi connectivity index (χ0v) is 17.1. The molecule has 29 heavy (non-hydrogen) atoms. The van der Waals surface area contributed by atoms with Crippen molar-refractivity contribution in [2.45, 2.75) is 12.5 Å². The number of halogens is 1. The van der Waals surface area contributed by atoms with Crippen LogP contribution < -0.4 is 5.01 Å². The SMILES string of the molecule is Clc1ccc(C2=NN(c3ccccc3)C(c3csc(-c4ccccc4)n3)C2)cc1. The van der Waals surface area contributed by atoms with Gasteiger partial charge in [0.15, 0.2) is 0 Å². The number of aromatic nitrogens is 1. The van der Waals surface area contributed by atoms with Crippen molar-refractivity contribution < 1.29 is 0 Å². The molecule has 0 radical (unpaired) electrons. The predicted molar refractivity (Wildman–Crippen MR) is 122 cm³/mol. The Morgan fingerprint density at radius 2 is 1.52 bits per heavy atom. The fourth-order valence-corrected chi connectivity index (χ4v) is 4.53. The van der Waals surface area contributed by atoms with Gasteiger partial charge in [0.05, 0.1) is 17.1 Å². The molecule has 4 aromatic rings. The maximum Gasteiger partial charge on any atom is 0.123 e. The number of anilines is 1. The first-order valence-electron chi connectivity index (χ1n) is 9.46. The van der Waals surface area contributed by atoms with Crippen molar-refractivity contribution >= 4 is 34.3 Å². The van der Waals surface area contributed by atoms with Crippen LogP contribution in [0, 0.1) is 0 Å². The van der Waals surface area contributed by atoms with Crippen LogP contribution in [0.25, 0.3) is 10.6 Å². The molecular weight excluding hydrogens is 398 g/mol. The third-order valence-corrected chi connectivity index (χ3v) is 6.15. The van der Waals surface area contributed by atoms with Crippen LogP contribution in [-0.4, -0.2) is 10.7 Å². The quantitative estimate of drug-likeness (QED) is 0.366. The maximum absolute atomic E-state index is 6.07. The van der Waals surface area contributed by atoms with Crippen LogP contribution >= 0.6 is 22.9 Å². The van der Waals surface area contributed by atoms with Gasteiger partial charge in [-0.25, -0.2) is 4.98 Å². The third kappa shape index (κ3) is 3.69. The Morgan fingerprint density at radius 1 is 0.828 bits per heavy atom. The minimum absolute atomic E-state index is 0.0665. The molecule has 0 saturated carbocycles. The Labute approximate surface area is 178 Å². The number of hydrogen-bond acceptors (Lipinski definition) is 4. The van der Waals surface area contributed by atoms with Gasteiger partial charge in [-0.2, -0.15) is 5.10 Å². The van der Waals surface area contributed by atoms with E-state index in [-0.39, 0.29) is 6.04 Å². The van der Waals surface area contributed by atoms with Crippen molar-refractivity contribution in [3.05, 3.63) is 107 Å². The molecule has 1 unspecified atom stereocenters. The zero-order valence-electron chi connectivity index (χ0n) is 15.6. The fourth-order valence-electron chi connectivity index (χ4n) is 3.53. The molecule has 1 aliphatic heterocycles. The van der Waals surface area contributed by atoms with Crippen LogP contribution in [0.15, 0.2) is 95.4 Å². The lowest BCUT2D eigenvalue weighted by Crippen LogP contribution is -2.18. The summed E-state index contributed by atoms with van der Waals surface area (Å²) in [5.41, 5.74) is 5.40. The van der Waals surface area contributed by atoms with Crippen molar-refractivity contribution in [1.82, 2.24) is 4.98 Å². The maximum atomic E-state index is 6.07. The van der Waals surface area contributed by atoms with Crippen LogP contribution in [0.1, 0.15) is 23.7 Å². The van der Waals surface area contributed by atoms with Gasteiger partial charge in [0.25, 0.3) is 0 Å². The van der Waals surface area contributed by atoms with Crippen LogP contribution in [0.2, 0.25) is 5.02 Å². The molecule has 2 heterocycles. The van der Waals surface area contributed by atoms with Crippen molar-refractivity contribution in [3.8, 4) is 10.6 Å². The standard InChI is InChI=1S/C24H18ClN3S/c25-19-13-11-17(12-14-19)21-15-23(28(27-21)20-9-5-2-6-10-20)22-16-29-24(26-22)18-7-3-1-4-8-18/h1-14,16,23H,15H2. The molecule has 5 rings (SSSR count). The Hall–Kier alpha value is -2.95. The van der Waals surface area contributed by atoms with Gasteiger partial charge in [-0.3, -0.25) is 5.01 Å². The molecule has 0 N–H and O–H groups in total. The molecule has 0 aliphatic carbocycles. The van der Waals surface area contributed by atoms with E-state index in [4.69, 9.17) is 21.7 Å². The summed E-state index contributed by atoms with van der Waals surface area (Å²) in [4.78, 5) is 4.96. The minimum atomic E-state index is 0.0665. The summed E-state index contributed by atoms with van der Waals surface area (Å²) in [5.74, 6) is 0. The number of nitrogens with zero attached hydrogens (tertiary/aromatic N) is 3. The highest BCUT2D eigenvalue weighted by molar-refractivity contribution is 7.13. The summed E-state index contributed by atoms with van der Waals surface area (Å²) in [6, 6.07) is 28.6. The molecule has 0 spiro atoms. The lowest BCUT2D eigenvalue weighted by atomic mass is 10.0. The molecule has 0 bridgehead atoms. The number of thiazole rings is 1. The largest absolute Gasteiger partial charge is 0.256 e. The Balaban J connectivity index is 1.51. The Kier molecular flexibility index (Phi) is 4.88. The first-order valence-corrected chi connectivity index (χ1v) is 10.7. The van der Waals surface area contributed by atoms with Gasteiger partial charge in [-0.15, -0.1) is 11.3 Å². The summed E-state index contributed by atoms with van der Waals surface area (Å²) in [6.07, 6.45) is 0.800. The number of hydrogen-bond donors (Lipinski definition) is 0. The average Bonchev–Trinajstić information content (AvgIpc) is 3.43. The summed E-state index contributed by atoms with van der Waals surface area (Å²) >= 11 is 7.75. The van der Waals surface area contributed by atoms with Gasteiger partial charge in [-0.05, 0) is 29.8 Å². The Bertz CT molecular complexity index is 1140. The van der Waals surface area contributed by atoms with E-state index in [0.29, 0.717) is 0 Å². The first kappa shape index (κ1) is 18.1. The van der Waals surface area contributed by atoms with Crippen LogP contribution in [-0.2, 0) is 0 Å². The first-order chi connectivity index (χ1) is 14.3. The number of benzene rings is 3. The van der Waals surface area contributed by atoms with Gasteiger partial charge >= 0.3 is 0 Å². The second-order valence-corrected chi connectivity index (χ2v) is 8.19. The molecule has 0 amide bonds. The highest BCUT2D eigenvalue weighted by atomic mass is 35.5. The zero-order chi connectivity index (χ0) is 19.6. The van der Waals surface area contributed by atoms with Gasteiger partial charge in [0.2, 0.25) is 0 Å². The van der Waals surface area contributed by atoms with Gasteiger partial charge in [0, 0.05) is 22.4 Å². The third-order valence-electron chi connectivity index (χ3n) is 4.99. The Morgan fingerprint density at radius 3 is 2.24 bits per heavy atom. The van der Waals surface area contributed by atoms with Crippen molar-refractivity contribution in [3.63, 3.8) is 0 Å². The highest BCUT2D eigenvalue weighted by Gasteiger charge is 2.31. The topological polar surface area (TPSA) is 28.5 Å². The molecule has 1 aromatic heterocycles. The molecule has 3 nitrogen and oxygen atoms in total. The number of para-hydroxylation sites is 1. The van der Waals surface area contributed by atoms with Crippen molar-refractivity contribution in [1.29, 1.82) is 0 Å². The van der Waals surface area contributed by atoms with E-state index in [0.717, 1.165) is 44.7 Å². The normalized spacial score (nSPS) is 16.1. The van der Waals surface area contributed by atoms with Gasteiger partial charge < -0.3 is 0 Å². The summed E-state index contributed by atoms with van der Waals surface area (Å²) < 4.78 is 0. The monoisotopic (exact) mass is 415 g/mol. The van der Waals surface area contributed by atoms with Crippen LogP contribution in [0.4, 0.5) is 5.69 Å². The van der Waals surface area contributed by atoms with E-state index in [9.17, 15) is 0 Å². The van der Waals surface area contributed by atoms with E-state index >= 15 is 0 Å². The van der Waals surface area contributed by atoms with E-state index in [2.05, 4.69) is 34.7 Å². The van der Waals surface area contributed by atoms with E-state index in [1.807, 2.05) is 60.7 Å². The van der Waals surface area contributed by atoms with E-state index in [1.54, 1.807) is 11.3 Å². The van der Waals surface area contributed by atoms with Crippen LogP contribution in [0.3, 0.4) is 0 Å². The lowest BCUT2D eigenvalue weighted by Gasteiger charge is -2.22. The molecule has 1 aliphatic rings. The number of rotatable bonds is 4. The van der Waals surface area contributed by atoms with Gasteiger partial charge in [0.1, 0.15) is 11.0 Å². The van der Waals surface area contributed by atoms with Gasteiger partial charge in [-0.1, -0.05) is 72.3 Å². The molecule has 0 fully saturated rings. The van der Waals surface area contributed by atoms with Crippen molar-refractivity contribution in [2.24, 2.45) is 5.10 Å². The van der Waals surface area contributed by atoms with Crippen molar-refractivity contribution in [2.75, 3.05) is 5.01 Å². The molecule has 3 aromatic carbocycles. The average molecular weight is 416 g/mol. The second-order valence-electron chi connectivity index (χ2n) is 6.90. The fraction of sp³-hybridized carbons (Fsp3) is 0.0833. The second kappa shape index (κ2) is 7.82. The number of hydrazone groups is 1. The van der Waals surface area contributed by atoms with Crippen LogP contribution in [0.5, 0.6) is 0 Å². The summed E-state index contributed by atoms with van der Waals surface area (Å²) in [7, 11) is 0. The summed E-state index contributed by atoms with van der Waals surface area (Å²) in [6.45, 7) is 0. The minimum Gasteiger partial charge on any atom is -0.256 e. The lowest BCUT2D eigenvalue weighted by molar-refractivity contribution is 0.691.